The Bertz CT molecular complexity index is 1090. The molecule has 0 aromatic heterocycles. The van der Waals surface area contributed by atoms with Crippen molar-refractivity contribution in [2.24, 2.45) is 0 Å². The summed E-state index contributed by atoms with van der Waals surface area (Å²) in [6, 6.07) is 11.6. The molecule has 0 spiro atoms. The maximum Gasteiger partial charge on any atom is 0.408 e. The fourth-order valence-corrected chi connectivity index (χ4v) is 5.06. The Hall–Kier alpha value is -2.68. The minimum Gasteiger partial charge on any atom is -0.494 e. The van der Waals surface area contributed by atoms with Gasteiger partial charge in [0, 0.05) is 45.2 Å². The highest BCUT2D eigenvalue weighted by atomic mass is 35.5. The molecule has 2 aromatic rings. The van der Waals surface area contributed by atoms with Gasteiger partial charge in [0.25, 0.3) is 0 Å². The second kappa shape index (κ2) is 13.2. The van der Waals surface area contributed by atoms with Crippen LogP contribution < -0.4 is 19.9 Å². The van der Waals surface area contributed by atoms with Gasteiger partial charge in [-0.25, -0.2) is 4.79 Å². The fourth-order valence-electron chi connectivity index (χ4n) is 4.64. The molecule has 0 aliphatic carbocycles. The number of carbonyl (C=O) groups is 2. The second-order valence-corrected chi connectivity index (χ2v) is 9.95. The molecule has 1 N–H and O–H groups in total. The Balaban J connectivity index is 1.20. The van der Waals surface area contributed by atoms with Crippen LogP contribution in [0, 0.1) is 0 Å². The van der Waals surface area contributed by atoms with Gasteiger partial charge in [0.2, 0.25) is 5.91 Å². The van der Waals surface area contributed by atoms with Crippen LogP contribution in [0.2, 0.25) is 10.0 Å². The lowest BCUT2D eigenvalue weighted by Crippen LogP contribution is -2.46. The van der Waals surface area contributed by atoms with Crippen LogP contribution in [-0.4, -0.2) is 69.5 Å². The lowest BCUT2D eigenvalue weighted by Gasteiger charge is -2.36. The molecule has 0 saturated carbocycles. The van der Waals surface area contributed by atoms with Crippen molar-refractivity contribution in [3.8, 4) is 5.75 Å². The van der Waals surface area contributed by atoms with Gasteiger partial charge < -0.3 is 19.7 Å². The molecule has 2 heterocycles. The van der Waals surface area contributed by atoms with E-state index in [1.165, 1.54) is 4.90 Å². The Morgan fingerprint density at radius 1 is 1.03 bits per heavy atom. The van der Waals surface area contributed by atoms with E-state index in [2.05, 4.69) is 15.1 Å². The van der Waals surface area contributed by atoms with Crippen LogP contribution in [-0.2, 0) is 16.0 Å². The highest BCUT2D eigenvalue weighted by Gasteiger charge is 2.26. The van der Waals surface area contributed by atoms with Crippen LogP contribution in [0.5, 0.6) is 5.75 Å². The van der Waals surface area contributed by atoms with E-state index in [0.717, 1.165) is 62.5 Å². The Labute approximate surface area is 228 Å². The van der Waals surface area contributed by atoms with Crippen LogP contribution in [0.1, 0.15) is 31.7 Å². The molecule has 200 valence electrons. The minimum absolute atomic E-state index is 0.0633. The average molecular weight is 549 g/mol. The number of ether oxygens (including phenoxy) is 2. The lowest BCUT2D eigenvalue weighted by atomic mass is 10.0. The van der Waals surface area contributed by atoms with E-state index >= 15 is 0 Å². The summed E-state index contributed by atoms with van der Waals surface area (Å²) in [7, 11) is 0. The SMILES string of the molecule is CCNC(=O)OCN1C(=O)CCc2ccc(OCCCCN3CCN(c4cccc(Cl)c4Cl)CC3)cc21. The first-order valence-corrected chi connectivity index (χ1v) is 13.6. The van der Waals surface area contributed by atoms with Crippen LogP contribution >= 0.6 is 23.2 Å². The Morgan fingerprint density at radius 3 is 2.62 bits per heavy atom. The third-order valence-corrected chi connectivity index (χ3v) is 7.49. The number of aryl methyl sites for hydroxylation is 1. The zero-order valence-electron chi connectivity index (χ0n) is 21.2. The topological polar surface area (TPSA) is 74.3 Å². The molecule has 0 unspecified atom stereocenters. The normalized spacial score (nSPS) is 15.9. The molecule has 1 fully saturated rings. The molecular formula is C27H34Cl2N4O4. The Morgan fingerprint density at radius 2 is 1.84 bits per heavy atom. The number of unbranched alkanes of at least 4 members (excludes halogenated alkanes) is 1. The lowest BCUT2D eigenvalue weighted by molar-refractivity contribution is -0.119. The third kappa shape index (κ3) is 7.21. The molecule has 2 aliphatic heterocycles. The number of halogens is 2. The van der Waals surface area contributed by atoms with E-state index in [4.69, 9.17) is 32.7 Å². The highest BCUT2D eigenvalue weighted by Crippen LogP contribution is 2.33. The smallest absolute Gasteiger partial charge is 0.408 e. The molecule has 0 atom stereocenters. The van der Waals surface area contributed by atoms with E-state index in [9.17, 15) is 9.59 Å². The molecule has 0 radical (unpaired) electrons. The van der Waals surface area contributed by atoms with Crippen molar-refractivity contribution >= 4 is 46.6 Å². The summed E-state index contributed by atoms with van der Waals surface area (Å²) in [5.41, 5.74) is 2.80. The van der Waals surface area contributed by atoms with E-state index in [1.54, 1.807) is 0 Å². The van der Waals surface area contributed by atoms with Crippen LogP contribution in [0.3, 0.4) is 0 Å². The van der Waals surface area contributed by atoms with Crippen molar-refractivity contribution < 1.29 is 19.1 Å². The fraction of sp³-hybridized carbons (Fsp3) is 0.481. The first-order chi connectivity index (χ1) is 18.0. The number of carbonyl (C=O) groups excluding carboxylic acids is 2. The van der Waals surface area contributed by atoms with Gasteiger partial charge in [-0.15, -0.1) is 0 Å². The van der Waals surface area contributed by atoms with Crippen molar-refractivity contribution in [2.75, 3.05) is 62.4 Å². The largest absolute Gasteiger partial charge is 0.494 e. The van der Waals surface area contributed by atoms with Gasteiger partial charge in [0.15, 0.2) is 6.73 Å². The Kier molecular flexibility index (Phi) is 9.77. The number of nitrogens with one attached hydrogen (secondary N) is 1. The number of amides is 2. The number of hydrogen-bond acceptors (Lipinski definition) is 6. The van der Waals surface area contributed by atoms with Crippen LogP contribution in [0.4, 0.5) is 16.2 Å². The summed E-state index contributed by atoms with van der Waals surface area (Å²) >= 11 is 12.6. The number of piperazine rings is 1. The minimum atomic E-state index is -0.537. The van der Waals surface area contributed by atoms with E-state index in [-0.39, 0.29) is 12.6 Å². The van der Waals surface area contributed by atoms with Gasteiger partial charge in [-0.3, -0.25) is 14.6 Å². The number of nitrogens with zero attached hydrogens (tertiary/aromatic N) is 3. The molecule has 10 heteroatoms. The van der Waals surface area contributed by atoms with Crippen molar-refractivity contribution in [3.05, 3.63) is 52.0 Å². The maximum atomic E-state index is 12.5. The highest BCUT2D eigenvalue weighted by molar-refractivity contribution is 6.43. The van der Waals surface area contributed by atoms with Crippen molar-refractivity contribution in [1.29, 1.82) is 0 Å². The summed E-state index contributed by atoms with van der Waals surface area (Å²) < 4.78 is 11.2. The first-order valence-electron chi connectivity index (χ1n) is 12.8. The molecule has 0 bridgehead atoms. The van der Waals surface area contributed by atoms with E-state index < -0.39 is 6.09 Å². The molecule has 2 amide bonds. The molecule has 37 heavy (non-hydrogen) atoms. The number of fused-ring (bicyclic) bond motifs is 1. The molecule has 2 aromatic carbocycles. The number of alkyl carbamates (subject to hydrolysis) is 1. The summed E-state index contributed by atoms with van der Waals surface area (Å²) in [5.74, 6) is 0.648. The van der Waals surface area contributed by atoms with Gasteiger partial charge >= 0.3 is 6.09 Å². The average Bonchev–Trinajstić information content (AvgIpc) is 2.90. The van der Waals surface area contributed by atoms with Crippen molar-refractivity contribution in [1.82, 2.24) is 10.2 Å². The summed E-state index contributed by atoms with van der Waals surface area (Å²) in [5, 5.41) is 3.79. The van der Waals surface area contributed by atoms with Gasteiger partial charge in [-0.1, -0.05) is 35.3 Å². The summed E-state index contributed by atoms with van der Waals surface area (Å²) in [4.78, 5) is 30.4. The number of rotatable bonds is 10. The third-order valence-electron chi connectivity index (χ3n) is 6.68. The van der Waals surface area contributed by atoms with E-state index in [1.807, 2.05) is 43.3 Å². The molecule has 1 saturated heterocycles. The zero-order valence-corrected chi connectivity index (χ0v) is 22.7. The van der Waals surface area contributed by atoms with Crippen LogP contribution in [0.25, 0.3) is 0 Å². The zero-order chi connectivity index (χ0) is 26.2. The van der Waals surface area contributed by atoms with Crippen LogP contribution in [0.15, 0.2) is 36.4 Å². The van der Waals surface area contributed by atoms with Gasteiger partial charge in [0.05, 0.1) is 28.0 Å². The predicted octanol–water partition coefficient (Wildman–Crippen LogP) is 4.96. The quantitative estimate of drug-likeness (QED) is 0.423. The number of benzene rings is 2. The van der Waals surface area contributed by atoms with Gasteiger partial charge in [-0.2, -0.15) is 0 Å². The van der Waals surface area contributed by atoms with Crippen molar-refractivity contribution in [2.45, 2.75) is 32.6 Å². The molecule has 2 aliphatic rings. The number of anilines is 2. The second-order valence-electron chi connectivity index (χ2n) is 9.16. The monoisotopic (exact) mass is 548 g/mol. The summed E-state index contributed by atoms with van der Waals surface area (Å²) in [6.45, 7) is 7.59. The van der Waals surface area contributed by atoms with Gasteiger partial charge in [-0.05, 0) is 56.5 Å². The molecular weight excluding hydrogens is 515 g/mol. The van der Waals surface area contributed by atoms with Crippen molar-refractivity contribution in [3.63, 3.8) is 0 Å². The number of hydrogen-bond donors (Lipinski definition) is 1. The molecule has 8 nitrogen and oxygen atoms in total. The maximum absolute atomic E-state index is 12.5. The van der Waals surface area contributed by atoms with E-state index in [0.29, 0.717) is 41.8 Å². The molecule has 4 rings (SSSR count). The predicted molar refractivity (Wildman–Crippen MR) is 147 cm³/mol. The summed E-state index contributed by atoms with van der Waals surface area (Å²) in [6.07, 6.45) is 2.49. The first kappa shape index (κ1) is 27.4. The standard InChI is InChI=1S/C27H34Cl2N4O4/c1-2-30-27(35)37-19-33-24-18-21(10-8-20(24)9-11-25(33)34)36-17-4-3-12-31-13-15-32(16-14-31)23-7-5-6-22(28)26(23)29/h5-8,10,18H,2-4,9,11-17,19H2,1H3,(H,30,35). The van der Waals surface area contributed by atoms with Gasteiger partial charge in [0.1, 0.15) is 5.75 Å².